The van der Waals surface area contributed by atoms with Gasteiger partial charge in [0, 0.05) is 30.7 Å². The normalized spacial score (nSPS) is 10.1. The molecule has 2 nitrogen and oxygen atoms in total. The maximum absolute atomic E-state index is 5.20. The van der Waals surface area contributed by atoms with Gasteiger partial charge in [-0.15, -0.1) is 0 Å². The van der Waals surface area contributed by atoms with E-state index in [1.54, 1.807) is 7.11 Å². The Morgan fingerprint density at radius 1 is 1.33 bits per heavy atom. The molecule has 0 saturated heterocycles. The van der Waals surface area contributed by atoms with Crippen molar-refractivity contribution in [2.75, 3.05) is 30.9 Å². The Balaban J connectivity index is 2.52. The predicted molar refractivity (Wildman–Crippen MR) is 69.3 cm³/mol. The molecule has 0 heterocycles. The average Bonchev–Trinajstić information content (AvgIpc) is 2.29. The van der Waals surface area contributed by atoms with Crippen molar-refractivity contribution in [3.8, 4) is 5.75 Å². The van der Waals surface area contributed by atoms with Crippen molar-refractivity contribution in [2.24, 2.45) is 0 Å². The van der Waals surface area contributed by atoms with Gasteiger partial charge in [-0.1, -0.05) is 22.0 Å². The molecule has 0 bridgehead atoms. The van der Waals surface area contributed by atoms with Crippen LogP contribution in [0.5, 0.6) is 5.75 Å². The number of anilines is 1. The minimum Gasteiger partial charge on any atom is -0.497 e. The Morgan fingerprint density at radius 2 is 2.13 bits per heavy atom. The van der Waals surface area contributed by atoms with Crippen LogP contribution in [0.25, 0.3) is 0 Å². The summed E-state index contributed by atoms with van der Waals surface area (Å²) in [5.74, 6) is 0.917. The fourth-order valence-corrected chi connectivity index (χ4v) is 1.82. The molecule has 1 aromatic rings. The number of methoxy groups -OCH3 is 1. The molecular formula is C12H18BrNO. The molecule has 0 saturated carbocycles. The highest BCUT2D eigenvalue weighted by Crippen LogP contribution is 2.20. The van der Waals surface area contributed by atoms with Crippen LogP contribution in [0.3, 0.4) is 0 Å². The fourth-order valence-electron chi connectivity index (χ4n) is 1.42. The molecule has 0 radical (unpaired) electrons. The van der Waals surface area contributed by atoms with Gasteiger partial charge in [0.2, 0.25) is 0 Å². The minimum absolute atomic E-state index is 0.917. The van der Waals surface area contributed by atoms with Crippen LogP contribution >= 0.6 is 15.9 Å². The van der Waals surface area contributed by atoms with E-state index < -0.39 is 0 Å². The number of nitrogens with zero attached hydrogens (tertiary/aromatic N) is 1. The molecule has 15 heavy (non-hydrogen) atoms. The van der Waals surface area contributed by atoms with Crippen molar-refractivity contribution in [3.05, 3.63) is 24.3 Å². The first kappa shape index (κ1) is 12.4. The molecule has 1 aromatic carbocycles. The molecule has 0 spiro atoms. The van der Waals surface area contributed by atoms with Gasteiger partial charge >= 0.3 is 0 Å². The van der Waals surface area contributed by atoms with Crippen LogP contribution in [0.4, 0.5) is 5.69 Å². The molecule has 0 atom stereocenters. The topological polar surface area (TPSA) is 12.5 Å². The molecule has 0 aliphatic rings. The highest BCUT2D eigenvalue weighted by molar-refractivity contribution is 9.09. The third-order valence-electron chi connectivity index (χ3n) is 2.37. The van der Waals surface area contributed by atoms with Crippen LogP contribution in [0.1, 0.15) is 12.8 Å². The van der Waals surface area contributed by atoms with Crippen molar-refractivity contribution in [2.45, 2.75) is 12.8 Å². The van der Waals surface area contributed by atoms with Gasteiger partial charge in [-0.05, 0) is 25.0 Å². The summed E-state index contributed by atoms with van der Waals surface area (Å²) in [7, 11) is 3.81. The Labute approximate surface area is 100 Å². The van der Waals surface area contributed by atoms with E-state index >= 15 is 0 Å². The molecule has 0 fully saturated rings. The van der Waals surface area contributed by atoms with Crippen molar-refractivity contribution in [1.29, 1.82) is 0 Å². The number of hydrogen-bond acceptors (Lipinski definition) is 2. The van der Waals surface area contributed by atoms with Gasteiger partial charge in [-0.3, -0.25) is 0 Å². The third-order valence-corrected chi connectivity index (χ3v) is 2.93. The SMILES string of the molecule is COc1cccc(N(C)CCCCBr)c1. The Kier molecular flexibility index (Phi) is 5.54. The largest absolute Gasteiger partial charge is 0.497 e. The molecule has 0 unspecified atom stereocenters. The highest BCUT2D eigenvalue weighted by atomic mass is 79.9. The molecular weight excluding hydrogens is 254 g/mol. The van der Waals surface area contributed by atoms with Gasteiger partial charge in [0.1, 0.15) is 5.75 Å². The molecule has 0 aromatic heterocycles. The summed E-state index contributed by atoms with van der Waals surface area (Å²) in [6, 6.07) is 8.16. The van der Waals surface area contributed by atoms with Gasteiger partial charge in [-0.25, -0.2) is 0 Å². The fraction of sp³-hybridized carbons (Fsp3) is 0.500. The van der Waals surface area contributed by atoms with Gasteiger partial charge in [0.25, 0.3) is 0 Å². The summed E-state index contributed by atoms with van der Waals surface area (Å²) < 4.78 is 5.20. The first-order valence-electron chi connectivity index (χ1n) is 5.19. The quantitative estimate of drug-likeness (QED) is 0.582. The van der Waals surface area contributed by atoms with E-state index in [2.05, 4.69) is 40.0 Å². The van der Waals surface area contributed by atoms with Crippen LogP contribution in [-0.4, -0.2) is 26.0 Å². The zero-order chi connectivity index (χ0) is 11.1. The lowest BCUT2D eigenvalue weighted by Gasteiger charge is -2.19. The summed E-state index contributed by atoms with van der Waals surface area (Å²) >= 11 is 3.44. The predicted octanol–water partition coefficient (Wildman–Crippen LogP) is 3.31. The summed E-state index contributed by atoms with van der Waals surface area (Å²) in [6.45, 7) is 1.08. The molecule has 0 aliphatic heterocycles. The van der Waals surface area contributed by atoms with Crippen LogP contribution in [0.15, 0.2) is 24.3 Å². The van der Waals surface area contributed by atoms with E-state index in [1.165, 1.54) is 18.5 Å². The second-order valence-corrected chi connectivity index (χ2v) is 4.31. The van der Waals surface area contributed by atoms with Crippen molar-refractivity contribution in [1.82, 2.24) is 0 Å². The Hall–Kier alpha value is -0.700. The van der Waals surface area contributed by atoms with E-state index in [1.807, 2.05) is 12.1 Å². The number of alkyl halides is 1. The highest BCUT2D eigenvalue weighted by Gasteiger charge is 2.01. The first-order valence-corrected chi connectivity index (χ1v) is 6.31. The summed E-state index contributed by atoms with van der Waals surface area (Å²) in [5, 5.41) is 1.08. The molecule has 1 rings (SSSR count). The zero-order valence-electron chi connectivity index (χ0n) is 9.37. The van der Waals surface area contributed by atoms with E-state index in [0.717, 1.165) is 17.6 Å². The smallest absolute Gasteiger partial charge is 0.120 e. The zero-order valence-corrected chi connectivity index (χ0v) is 11.0. The molecule has 84 valence electrons. The van der Waals surface area contributed by atoms with E-state index in [4.69, 9.17) is 4.74 Å². The monoisotopic (exact) mass is 271 g/mol. The van der Waals surface area contributed by atoms with E-state index in [0.29, 0.717) is 0 Å². The second-order valence-electron chi connectivity index (χ2n) is 3.52. The summed E-state index contributed by atoms with van der Waals surface area (Å²) in [4.78, 5) is 2.26. The molecule has 0 N–H and O–H groups in total. The van der Waals surface area contributed by atoms with Gasteiger partial charge < -0.3 is 9.64 Å². The maximum Gasteiger partial charge on any atom is 0.120 e. The second kappa shape index (κ2) is 6.72. The van der Waals surface area contributed by atoms with E-state index in [9.17, 15) is 0 Å². The standard InChI is InChI=1S/C12H18BrNO/c1-14(9-4-3-8-13)11-6-5-7-12(10-11)15-2/h5-7,10H,3-4,8-9H2,1-2H3. The number of halogens is 1. The number of ether oxygens (including phenoxy) is 1. The van der Waals surface area contributed by atoms with Crippen LogP contribution < -0.4 is 9.64 Å². The van der Waals surface area contributed by atoms with Crippen LogP contribution in [0.2, 0.25) is 0 Å². The van der Waals surface area contributed by atoms with Crippen molar-refractivity contribution >= 4 is 21.6 Å². The van der Waals surface area contributed by atoms with Crippen molar-refractivity contribution in [3.63, 3.8) is 0 Å². The maximum atomic E-state index is 5.20. The first-order chi connectivity index (χ1) is 7.27. The number of unbranched alkanes of at least 4 members (excludes halogenated alkanes) is 1. The van der Waals surface area contributed by atoms with Gasteiger partial charge in [-0.2, -0.15) is 0 Å². The lowest BCUT2D eigenvalue weighted by molar-refractivity contribution is 0.415. The Bertz CT molecular complexity index is 291. The van der Waals surface area contributed by atoms with Gasteiger partial charge in [0.05, 0.1) is 7.11 Å². The van der Waals surface area contributed by atoms with Crippen molar-refractivity contribution < 1.29 is 4.74 Å². The van der Waals surface area contributed by atoms with Gasteiger partial charge in [0.15, 0.2) is 0 Å². The summed E-state index contributed by atoms with van der Waals surface area (Å²) in [6.07, 6.45) is 2.42. The van der Waals surface area contributed by atoms with Crippen LogP contribution in [-0.2, 0) is 0 Å². The lowest BCUT2D eigenvalue weighted by Crippen LogP contribution is -2.18. The van der Waals surface area contributed by atoms with Crippen LogP contribution in [0, 0.1) is 0 Å². The number of rotatable bonds is 6. The lowest BCUT2D eigenvalue weighted by atomic mass is 10.2. The third kappa shape index (κ3) is 4.12. The number of benzene rings is 1. The number of hydrogen-bond donors (Lipinski definition) is 0. The minimum atomic E-state index is 0.917. The molecule has 0 amide bonds. The molecule has 0 aliphatic carbocycles. The Morgan fingerprint density at radius 3 is 2.80 bits per heavy atom. The average molecular weight is 272 g/mol. The van der Waals surface area contributed by atoms with E-state index in [-0.39, 0.29) is 0 Å². The molecule has 3 heteroatoms. The summed E-state index contributed by atoms with van der Waals surface area (Å²) in [5.41, 5.74) is 1.21.